The molecule has 0 radical (unpaired) electrons. The minimum atomic E-state index is -0.00671. The van der Waals surface area contributed by atoms with Crippen LogP contribution in [0.15, 0.2) is 11.8 Å². The standard InChI is InChI=1S/C9H16N2O/c1-6-2-3-7-5-12-11-9(10)8(7)4-6/h5-6,8-9,11H,2-4,10H2,1H3. The molecular formula is C9H16N2O. The summed E-state index contributed by atoms with van der Waals surface area (Å²) < 4.78 is 0. The lowest BCUT2D eigenvalue weighted by molar-refractivity contribution is 0.0468. The number of nitrogens with one attached hydrogen (secondary N) is 1. The van der Waals surface area contributed by atoms with E-state index in [1.165, 1.54) is 18.4 Å². The zero-order chi connectivity index (χ0) is 8.55. The van der Waals surface area contributed by atoms with E-state index in [4.69, 9.17) is 10.6 Å². The summed E-state index contributed by atoms with van der Waals surface area (Å²) in [6, 6.07) is 0. The maximum absolute atomic E-state index is 5.87. The molecule has 0 bridgehead atoms. The number of nitrogens with two attached hydrogens (primary N) is 1. The van der Waals surface area contributed by atoms with Crippen molar-refractivity contribution in [3.05, 3.63) is 11.8 Å². The van der Waals surface area contributed by atoms with Crippen LogP contribution in [-0.2, 0) is 4.84 Å². The van der Waals surface area contributed by atoms with Crippen molar-refractivity contribution in [2.45, 2.75) is 32.4 Å². The van der Waals surface area contributed by atoms with E-state index in [9.17, 15) is 0 Å². The zero-order valence-corrected chi connectivity index (χ0v) is 7.42. The van der Waals surface area contributed by atoms with E-state index in [1.807, 2.05) is 6.26 Å². The fourth-order valence-electron chi connectivity index (χ4n) is 2.10. The van der Waals surface area contributed by atoms with Crippen LogP contribution in [0.3, 0.4) is 0 Å². The second kappa shape index (κ2) is 3.07. The van der Waals surface area contributed by atoms with Crippen molar-refractivity contribution >= 4 is 0 Å². The molecule has 3 N–H and O–H groups in total. The van der Waals surface area contributed by atoms with Gasteiger partial charge in [-0.3, -0.25) is 0 Å². The predicted molar refractivity (Wildman–Crippen MR) is 46.8 cm³/mol. The minimum Gasteiger partial charge on any atom is -0.415 e. The van der Waals surface area contributed by atoms with E-state index in [-0.39, 0.29) is 6.17 Å². The van der Waals surface area contributed by atoms with Crippen molar-refractivity contribution in [2.24, 2.45) is 17.6 Å². The first kappa shape index (κ1) is 8.08. The summed E-state index contributed by atoms with van der Waals surface area (Å²) in [5.41, 5.74) is 10.1. The largest absolute Gasteiger partial charge is 0.415 e. The number of rotatable bonds is 0. The predicted octanol–water partition coefficient (Wildman–Crippen LogP) is 1.13. The topological polar surface area (TPSA) is 47.3 Å². The molecule has 0 aromatic carbocycles. The lowest BCUT2D eigenvalue weighted by atomic mass is 9.77. The molecule has 3 nitrogen and oxygen atoms in total. The molecule has 0 aromatic rings. The molecule has 68 valence electrons. The van der Waals surface area contributed by atoms with Gasteiger partial charge in [-0.2, -0.15) is 0 Å². The molecule has 0 saturated heterocycles. The lowest BCUT2D eigenvalue weighted by Gasteiger charge is -2.36. The molecule has 1 saturated carbocycles. The van der Waals surface area contributed by atoms with E-state index in [0.29, 0.717) is 5.92 Å². The van der Waals surface area contributed by atoms with Crippen LogP contribution in [0.1, 0.15) is 26.2 Å². The summed E-state index contributed by atoms with van der Waals surface area (Å²) in [4.78, 5) is 5.05. The average molecular weight is 168 g/mol. The number of fused-ring (bicyclic) bond motifs is 1. The maximum Gasteiger partial charge on any atom is 0.110 e. The van der Waals surface area contributed by atoms with Crippen LogP contribution in [0.4, 0.5) is 0 Å². The number of hydrogen-bond donors (Lipinski definition) is 2. The third kappa shape index (κ3) is 1.34. The highest BCUT2D eigenvalue weighted by atomic mass is 16.6. The van der Waals surface area contributed by atoms with Crippen LogP contribution in [0, 0.1) is 11.8 Å². The van der Waals surface area contributed by atoms with Gasteiger partial charge in [-0.1, -0.05) is 6.92 Å². The minimum absolute atomic E-state index is 0.00671. The Kier molecular flexibility index (Phi) is 2.07. The molecule has 12 heavy (non-hydrogen) atoms. The van der Waals surface area contributed by atoms with Gasteiger partial charge < -0.3 is 10.6 Å². The average Bonchev–Trinajstić information content (AvgIpc) is 2.07. The normalized spacial score (nSPS) is 41.2. The van der Waals surface area contributed by atoms with E-state index in [1.54, 1.807) is 0 Å². The molecule has 2 rings (SSSR count). The van der Waals surface area contributed by atoms with Crippen molar-refractivity contribution in [1.29, 1.82) is 0 Å². The number of hydrogen-bond acceptors (Lipinski definition) is 3. The van der Waals surface area contributed by atoms with Crippen molar-refractivity contribution < 1.29 is 4.84 Å². The van der Waals surface area contributed by atoms with Gasteiger partial charge in [-0.15, -0.1) is 5.48 Å². The fourth-order valence-corrected chi connectivity index (χ4v) is 2.10. The summed E-state index contributed by atoms with van der Waals surface area (Å²) in [7, 11) is 0. The second-order valence-electron chi connectivity index (χ2n) is 3.94. The first-order chi connectivity index (χ1) is 5.77. The van der Waals surface area contributed by atoms with Gasteiger partial charge in [0, 0.05) is 5.92 Å². The Morgan fingerprint density at radius 1 is 1.67 bits per heavy atom. The number of hydroxylamine groups is 1. The highest BCUT2D eigenvalue weighted by Crippen LogP contribution is 2.35. The van der Waals surface area contributed by atoms with Crippen molar-refractivity contribution in [3.8, 4) is 0 Å². The second-order valence-corrected chi connectivity index (χ2v) is 3.94. The summed E-state index contributed by atoms with van der Waals surface area (Å²) in [6.07, 6.45) is 5.45. The Morgan fingerprint density at radius 2 is 2.50 bits per heavy atom. The fraction of sp³-hybridized carbons (Fsp3) is 0.778. The van der Waals surface area contributed by atoms with Gasteiger partial charge in [-0.25, -0.2) is 0 Å². The molecular weight excluding hydrogens is 152 g/mol. The molecule has 1 aliphatic heterocycles. The maximum atomic E-state index is 5.87. The molecule has 0 amide bonds. The first-order valence-corrected chi connectivity index (χ1v) is 4.63. The summed E-state index contributed by atoms with van der Waals surface area (Å²) in [5, 5.41) is 0. The van der Waals surface area contributed by atoms with Crippen LogP contribution in [0.5, 0.6) is 0 Å². The van der Waals surface area contributed by atoms with Crippen molar-refractivity contribution in [2.75, 3.05) is 0 Å². The first-order valence-electron chi connectivity index (χ1n) is 4.63. The van der Waals surface area contributed by atoms with Gasteiger partial charge in [0.1, 0.15) is 6.26 Å². The van der Waals surface area contributed by atoms with E-state index in [2.05, 4.69) is 12.4 Å². The van der Waals surface area contributed by atoms with Crippen LogP contribution in [0.25, 0.3) is 0 Å². The Bertz CT molecular complexity index is 203. The summed E-state index contributed by atoms with van der Waals surface area (Å²) >= 11 is 0. The third-order valence-corrected chi connectivity index (χ3v) is 2.91. The SMILES string of the molecule is CC1CCC2=CONC(N)C2C1. The van der Waals surface area contributed by atoms with Crippen LogP contribution >= 0.6 is 0 Å². The molecule has 1 aliphatic carbocycles. The smallest absolute Gasteiger partial charge is 0.110 e. The van der Waals surface area contributed by atoms with Crippen LogP contribution < -0.4 is 11.2 Å². The van der Waals surface area contributed by atoms with Gasteiger partial charge in [0.2, 0.25) is 0 Å². The molecule has 3 atom stereocenters. The van der Waals surface area contributed by atoms with Gasteiger partial charge in [-0.05, 0) is 30.8 Å². The lowest BCUT2D eigenvalue weighted by Crippen LogP contribution is -2.48. The van der Waals surface area contributed by atoms with Gasteiger partial charge in [0.25, 0.3) is 0 Å². The van der Waals surface area contributed by atoms with Crippen molar-refractivity contribution in [3.63, 3.8) is 0 Å². The highest BCUT2D eigenvalue weighted by molar-refractivity contribution is 5.11. The molecule has 0 spiro atoms. The van der Waals surface area contributed by atoms with E-state index in [0.717, 1.165) is 12.3 Å². The summed E-state index contributed by atoms with van der Waals surface area (Å²) in [5.74, 6) is 1.31. The summed E-state index contributed by atoms with van der Waals surface area (Å²) in [6.45, 7) is 2.29. The monoisotopic (exact) mass is 168 g/mol. The Balaban J connectivity index is 2.12. The Labute approximate surface area is 72.9 Å². The molecule has 1 fully saturated rings. The Morgan fingerprint density at radius 3 is 3.33 bits per heavy atom. The van der Waals surface area contributed by atoms with Crippen LogP contribution in [-0.4, -0.2) is 6.17 Å². The highest BCUT2D eigenvalue weighted by Gasteiger charge is 2.31. The Hall–Kier alpha value is -0.540. The van der Waals surface area contributed by atoms with Gasteiger partial charge in [0.05, 0.1) is 6.17 Å². The van der Waals surface area contributed by atoms with Crippen molar-refractivity contribution in [1.82, 2.24) is 5.48 Å². The molecule has 2 aliphatic rings. The molecule has 1 heterocycles. The molecule has 0 aromatic heterocycles. The molecule has 3 unspecified atom stereocenters. The quantitative estimate of drug-likeness (QED) is 0.570. The molecule has 3 heteroatoms. The van der Waals surface area contributed by atoms with Gasteiger partial charge >= 0.3 is 0 Å². The zero-order valence-electron chi connectivity index (χ0n) is 7.42. The van der Waals surface area contributed by atoms with E-state index < -0.39 is 0 Å². The van der Waals surface area contributed by atoms with E-state index >= 15 is 0 Å². The van der Waals surface area contributed by atoms with Gasteiger partial charge in [0.15, 0.2) is 0 Å². The van der Waals surface area contributed by atoms with Crippen LogP contribution in [0.2, 0.25) is 0 Å². The third-order valence-electron chi connectivity index (χ3n) is 2.91.